The van der Waals surface area contributed by atoms with Crippen LogP contribution in [0, 0.1) is 0 Å². The predicted octanol–water partition coefficient (Wildman–Crippen LogP) is 11.0. The third-order valence-electron chi connectivity index (χ3n) is 7.81. The van der Waals surface area contributed by atoms with Crippen molar-refractivity contribution in [3.8, 4) is 17.2 Å². The van der Waals surface area contributed by atoms with Crippen LogP contribution in [0.25, 0.3) is 0 Å². The Morgan fingerprint density at radius 1 is 0.405 bits per heavy atom. The van der Waals surface area contributed by atoms with E-state index >= 15 is 0 Å². The van der Waals surface area contributed by atoms with Gasteiger partial charge in [-0.15, -0.1) is 0 Å². The minimum Gasteiger partial charge on any atom is -0.504 e. The van der Waals surface area contributed by atoms with Crippen LogP contribution in [0.4, 0.5) is 0 Å². The fourth-order valence-electron chi connectivity index (χ4n) is 5.44. The average Bonchev–Trinajstić information content (AvgIpc) is 2.90. The zero-order valence-corrected chi connectivity index (χ0v) is 25.3. The Hall–Kier alpha value is -1.38. The molecular weight excluding hydrogens is 456 g/mol. The third kappa shape index (κ3) is 13.8. The van der Waals surface area contributed by atoms with Gasteiger partial charge in [-0.1, -0.05) is 130 Å². The number of hydrogen-bond donors (Lipinski definition) is 2. The van der Waals surface area contributed by atoms with Gasteiger partial charge in [-0.05, 0) is 50.5 Å². The van der Waals surface area contributed by atoms with Gasteiger partial charge in [-0.2, -0.15) is 0 Å². The van der Waals surface area contributed by atoms with E-state index in [4.69, 9.17) is 4.74 Å². The molecule has 1 aromatic carbocycles. The summed E-state index contributed by atoms with van der Waals surface area (Å²) in [6.45, 7) is 9.62. The summed E-state index contributed by atoms with van der Waals surface area (Å²) >= 11 is 0. The van der Waals surface area contributed by atoms with Gasteiger partial charge in [0.05, 0.1) is 6.61 Å². The maximum Gasteiger partial charge on any atom is 0.201 e. The lowest BCUT2D eigenvalue weighted by molar-refractivity contribution is 0.278. The maximum absolute atomic E-state index is 11.2. The molecule has 0 aliphatic carbocycles. The second-order valence-electron chi connectivity index (χ2n) is 11.2. The Kier molecular flexibility index (Phi) is 20.5. The summed E-state index contributed by atoms with van der Waals surface area (Å²) in [6, 6.07) is 0. The molecule has 0 heterocycles. The van der Waals surface area contributed by atoms with Crippen molar-refractivity contribution in [3.63, 3.8) is 0 Å². The largest absolute Gasteiger partial charge is 0.504 e. The van der Waals surface area contributed by atoms with Gasteiger partial charge >= 0.3 is 0 Å². The van der Waals surface area contributed by atoms with Crippen LogP contribution < -0.4 is 4.74 Å². The molecule has 0 saturated heterocycles. The van der Waals surface area contributed by atoms with Gasteiger partial charge < -0.3 is 14.9 Å². The molecule has 0 saturated carbocycles. The summed E-state index contributed by atoms with van der Waals surface area (Å²) in [5.41, 5.74) is 3.49. The van der Waals surface area contributed by atoms with Gasteiger partial charge in [0.2, 0.25) is 5.75 Å². The number of unbranched alkanes of at least 4 members (excludes halogenated alkanes) is 16. The normalized spacial score (nSPS) is 11.4. The number of aromatic hydroxyl groups is 2. The molecule has 0 spiro atoms. The van der Waals surface area contributed by atoms with E-state index in [0.717, 1.165) is 56.9 Å². The highest BCUT2D eigenvalue weighted by Crippen LogP contribution is 2.46. The molecule has 1 aromatic rings. The van der Waals surface area contributed by atoms with E-state index in [1.807, 2.05) is 0 Å². The first kappa shape index (κ1) is 33.6. The van der Waals surface area contributed by atoms with Crippen molar-refractivity contribution < 1.29 is 14.9 Å². The molecular formula is C34H62O3. The highest BCUT2D eigenvalue weighted by molar-refractivity contribution is 5.62. The molecule has 3 heteroatoms. The number of rotatable bonds is 25. The van der Waals surface area contributed by atoms with Crippen LogP contribution in [0.3, 0.4) is 0 Å². The van der Waals surface area contributed by atoms with Gasteiger partial charge in [-0.25, -0.2) is 0 Å². The maximum atomic E-state index is 11.2. The van der Waals surface area contributed by atoms with Gasteiger partial charge in [0.1, 0.15) is 0 Å². The van der Waals surface area contributed by atoms with Gasteiger partial charge in [0.25, 0.3) is 0 Å². The van der Waals surface area contributed by atoms with E-state index in [1.54, 1.807) is 0 Å². The molecule has 2 N–H and O–H groups in total. The molecule has 0 aliphatic rings. The van der Waals surface area contributed by atoms with Crippen molar-refractivity contribution >= 4 is 0 Å². The Morgan fingerprint density at radius 3 is 1.24 bits per heavy atom. The van der Waals surface area contributed by atoms with Crippen LogP contribution in [0.1, 0.15) is 173 Å². The van der Waals surface area contributed by atoms with E-state index < -0.39 is 0 Å². The van der Waals surface area contributed by atoms with Crippen LogP contribution in [-0.4, -0.2) is 16.8 Å². The lowest BCUT2D eigenvalue weighted by atomic mass is 9.88. The first-order valence-corrected chi connectivity index (χ1v) is 16.3. The minimum atomic E-state index is -0.00425. The highest BCUT2D eigenvalue weighted by atomic mass is 16.5. The summed E-state index contributed by atoms with van der Waals surface area (Å²) in [7, 11) is 0. The molecule has 0 aromatic heterocycles. The molecule has 0 unspecified atom stereocenters. The van der Waals surface area contributed by atoms with Crippen LogP contribution in [0.15, 0.2) is 0 Å². The topological polar surface area (TPSA) is 49.7 Å². The van der Waals surface area contributed by atoms with Crippen molar-refractivity contribution in [3.05, 3.63) is 16.7 Å². The first-order valence-electron chi connectivity index (χ1n) is 16.3. The monoisotopic (exact) mass is 518 g/mol. The second kappa shape index (κ2) is 22.6. The van der Waals surface area contributed by atoms with Crippen LogP contribution >= 0.6 is 0 Å². The quantitative estimate of drug-likeness (QED) is 0.0999. The van der Waals surface area contributed by atoms with Crippen molar-refractivity contribution in [1.82, 2.24) is 0 Å². The summed E-state index contributed by atoms with van der Waals surface area (Å²) < 4.78 is 6.30. The molecule has 0 amide bonds. The minimum absolute atomic E-state index is 0.00425. The molecule has 1 rings (SSSR count). The van der Waals surface area contributed by atoms with E-state index in [1.165, 1.54) is 107 Å². The number of ether oxygens (including phenoxy) is 1. The number of phenolic OH excluding ortho intramolecular Hbond substituents is 2. The summed E-state index contributed by atoms with van der Waals surface area (Å²) in [5, 5.41) is 22.4. The lowest BCUT2D eigenvalue weighted by Crippen LogP contribution is -2.08. The SMILES string of the molecule is CCCCCCCOc1c(O)c(O)c(CCCCCCC)c(CCCCCCC)c1CCCCCCC. The molecule has 0 radical (unpaired) electrons. The number of hydrogen-bond acceptors (Lipinski definition) is 3. The summed E-state index contributed by atoms with van der Waals surface area (Å²) in [5.74, 6) is 0.673. The summed E-state index contributed by atoms with van der Waals surface area (Å²) in [4.78, 5) is 0. The molecule has 3 nitrogen and oxygen atoms in total. The van der Waals surface area contributed by atoms with E-state index in [9.17, 15) is 10.2 Å². The fraction of sp³-hybridized carbons (Fsp3) is 0.824. The zero-order chi connectivity index (χ0) is 27.1. The van der Waals surface area contributed by atoms with Gasteiger partial charge in [0, 0.05) is 11.1 Å². The van der Waals surface area contributed by atoms with E-state index in [2.05, 4.69) is 27.7 Å². The molecule has 0 fully saturated rings. The molecule has 0 atom stereocenters. The number of benzene rings is 1. The van der Waals surface area contributed by atoms with Gasteiger partial charge in [-0.3, -0.25) is 0 Å². The van der Waals surface area contributed by atoms with E-state index in [-0.39, 0.29) is 11.5 Å². The Balaban J connectivity index is 3.17. The lowest BCUT2D eigenvalue weighted by Gasteiger charge is -2.23. The van der Waals surface area contributed by atoms with E-state index in [0.29, 0.717) is 12.4 Å². The average molecular weight is 519 g/mol. The second-order valence-corrected chi connectivity index (χ2v) is 11.2. The molecule has 37 heavy (non-hydrogen) atoms. The number of phenols is 2. The van der Waals surface area contributed by atoms with Crippen LogP contribution in [0.5, 0.6) is 17.2 Å². The fourth-order valence-corrected chi connectivity index (χ4v) is 5.44. The standard InChI is InChI=1S/C34H62O3/c1-5-9-13-17-21-25-29-30(26-22-18-14-10-6-2)32(35)33(36)34(37-28-24-20-16-12-8-4)31(29)27-23-19-15-11-7-3/h35-36H,5-28H2,1-4H3. The Labute approximate surface area is 230 Å². The van der Waals surface area contributed by atoms with Crippen LogP contribution in [0.2, 0.25) is 0 Å². The van der Waals surface area contributed by atoms with Crippen LogP contribution in [-0.2, 0) is 19.3 Å². The third-order valence-corrected chi connectivity index (χ3v) is 7.81. The molecule has 0 bridgehead atoms. The first-order chi connectivity index (χ1) is 18.1. The zero-order valence-electron chi connectivity index (χ0n) is 25.3. The smallest absolute Gasteiger partial charge is 0.201 e. The van der Waals surface area contributed by atoms with Crippen molar-refractivity contribution in [1.29, 1.82) is 0 Å². The molecule has 216 valence electrons. The highest BCUT2D eigenvalue weighted by Gasteiger charge is 2.24. The Morgan fingerprint density at radius 2 is 0.784 bits per heavy atom. The Bertz CT molecular complexity index is 682. The summed E-state index contributed by atoms with van der Waals surface area (Å²) in [6.07, 6.45) is 27.0. The van der Waals surface area contributed by atoms with Crippen molar-refractivity contribution in [2.24, 2.45) is 0 Å². The van der Waals surface area contributed by atoms with Crippen molar-refractivity contribution in [2.75, 3.05) is 6.61 Å². The molecule has 0 aliphatic heterocycles. The van der Waals surface area contributed by atoms with Gasteiger partial charge in [0.15, 0.2) is 11.5 Å². The van der Waals surface area contributed by atoms with Crippen molar-refractivity contribution in [2.45, 2.75) is 175 Å². The predicted molar refractivity (Wildman–Crippen MR) is 161 cm³/mol.